The molecule has 0 saturated carbocycles. The van der Waals surface area contributed by atoms with Gasteiger partial charge in [0.15, 0.2) is 0 Å². The van der Waals surface area contributed by atoms with E-state index in [1.807, 2.05) is 0 Å². The number of carbonyl (C=O) groups is 1. The fraction of sp³-hybridized carbons (Fsp3) is 0.0667. The minimum absolute atomic E-state index is 0.156. The normalized spacial score (nSPS) is 10.8. The van der Waals surface area contributed by atoms with Crippen molar-refractivity contribution in [1.82, 2.24) is 4.57 Å². The summed E-state index contributed by atoms with van der Waals surface area (Å²) < 4.78 is 6.69. The monoisotopic (exact) mass is 269 g/mol. The van der Waals surface area contributed by atoms with Gasteiger partial charge in [-0.3, -0.25) is 4.79 Å². The number of fused-ring (bicyclic) bond motifs is 1. The molecule has 0 aliphatic rings. The van der Waals surface area contributed by atoms with Gasteiger partial charge in [-0.1, -0.05) is 12.1 Å². The Labute approximate surface area is 113 Å². The fourth-order valence-electron chi connectivity index (χ4n) is 2.13. The number of aromatic carboxylic acids is 1. The Morgan fingerprint density at radius 3 is 2.90 bits per heavy atom. The largest absolute Gasteiger partial charge is 0.478 e. The number of hydrogen-bond donors (Lipinski definition) is 1. The predicted octanol–water partition coefficient (Wildman–Crippen LogP) is 2.34. The van der Waals surface area contributed by atoms with E-state index >= 15 is 0 Å². The van der Waals surface area contributed by atoms with E-state index in [2.05, 4.69) is 0 Å². The maximum atomic E-state index is 12.2. The molecule has 1 N–H and O–H groups in total. The van der Waals surface area contributed by atoms with Crippen LogP contribution in [0.5, 0.6) is 0 Å². The third-order valence-electron chi connectivity index (χ3n) is 3.12. The molecule has 5 nitrogen and oxygen atoms in total. The molecule has 3 rings (SSSR count). The third-order valence-corrected chi connectivity index (χ3v) is 3.12. The highest BCUT2D eigenvalue weighted by atomic mass is 16.4. The first kappa shape index (κ1) is 12.2. The number of furan rings is 1. The molecule has 1 aromatic carbocycles. The number of nitrogens with zero attached hydrogens (tertiary/aromatic N) is 1. The van der Waals surface area contributed by atoms with Crippen LogP contribution in [0, 0.1) is 0 Å². The molecule has 2 aromatic heterocycles. The molecule has 0 spiro atoms. The van der Waals surface area contributed by atoms with Crippen molar-refractivity contribution < 1.29 is 14.3 Å². The Hall–Kier alpha value is -2.82. The standard InChI is InChI=1S/C15H11NO4/c17-14-12-5-7-20-13(12)4-6-16(14)9-10-2-1-3-11(8-10)15(18)19/h1-8H,9H2,(H,18,19). The first-order valence-electron chi connectivity index (χ1n) is 6.04. The Bertz CT molecular complexity index is 844. The van der Waals surface area contributed by atoms with E-state index in [9.17, 15) is 9.59 Å². The molecule has 0 atom stereocenters. The van der Waals surface area contributed by atoms with Gasteiger partial charge in [0.05, 0.1) is 23.8 Å². The molecule has 0 bridgehead atoms. The summed E-state index contributed by atoms with van der Waals surface area (Å²) in [6, 6.07) is 9.89. The van der Waals surface area contributed by atoms with E-state index in [-0.39, 0.29) is 11.1 Å². The summed E-state index contributed by atoms with van der Waals surface area (Å²) in [5.74, 6) is -0.982. The van der Waals surface area contributed by atoms with Crippen LogP contribution in [0.25, 0.3) is 11.0 Å². The maximum Gasteiger partial charge on any atom is 0.335 e. The van der Waals surface area contributed by atoms with Crippen molar-refractivity contribution in [3.05, 3.63) is 70.3 Å². The number of benzene rings is 1. The zero-order valence-corrected chi connectivity index (χ0v) is 10.4. The van der Waals surface area contributed by atoms with Gasteiger partial charge in [0.2, 0.25) is 0 Å². The van der Waals surface area contributed by atoms with Crippen LogP contribution < -0.4 is 5.56 Å². The minimum Gasteiger partial charge on any atom is -0.478 e. The molecule has 0 unspecified atom stereocenters. The van der Waals surface area contributed by atoms with Crippen molar-refractivity contribution in [3.8, 4) is 0 Å². The van der Waals surface area contributed by atoms with Crippen molar-refractivity contribution in [2.75, 3.05) is 0 Å². The topological polar surface area (TPSA) is 72.4 Å². The fourth-order valence-corrected chi connectivity index (χ4v) is 2.13. The summed E-state index contributed by atoms with van der Waals surface area (Å²) >= 11 is 0. The zero-order chi connectivity index (χ0) is 14.1. The highest BCUT2D eigenvalue weighted by Crippen LogP contribution is 2.11. The van der Waals surface area contributed by atoms with Gasteiger partial charge < -0.3 is 14.1 Å². The summed E-state index contributed by atoms with van der Waals surface area (Å²) in [5.41, 5.74) is 1.36. The van der Waals surface area contributed by atoms with Crippen molar-refractivity contribution in [2.45, 2.75) is 6.54 Å². The molecule has 0 aliphatic heterocycles. The van der Waals surface area contributed by atoms with E-state index in [1.165, 1.54) is 16.9 Å². The summed E-state index contributed by atoms with van der Waals surface area (Å²) in [7, 11) is 0. The van der Waals surface area contributed by atoms with Crippen LogP contribution in [-0.2, 0) is 6.54 Å². The average molecular weight is 269 g/mol. The molecule has 2 heterocycles. The lowest BCUT2D eigenvalue weighted by atomic mass is 10.1. The summed E-state index contributed by atoms with van der Waals surface area (Å²) in [5, 5.41) is 9.48. The maximum absolute atomic E-state index is 12.2. The highest BCUT2D eigenvalue weighted by Gasteiger charge is 2.07. The van der Waals surface area contributed by atoms with Crippen LogP contribution in [0.2, 0.25) is 0 Å². The smallest absolute Gasteiger partial charge is 0.335 e. The van der Waals surface area contributed by atoms with Crippen molar-refractivity contribution in [3.63, 3.8) is 0 Å². The van der Waals surface area contributed by atoms with Gasteiger partial charge in [-0.2, -0.15) is 0 Å². The minimum atomic E-state index is -0.982. The quantitative estimate of drug-likeness (QED) is 0.792. The Balaban J connectivity index is 2.01. The predicted molar refractivity (Wildman–Crippen MR) is 73.0 cm³/mol. The number of rotatable bonds is 3. The molecular weight excluding hydrogens is 258 g/mol. The van der Waals surface area contributed by atoms with Gasteiger partial charge in [0, 0.05) is 6.20 Å². The van der Waals surface area contributed by atoms with Gasteiger partial charge >= 0.3 is 5.97 Å². The Morgan fingerprint density at radius 2 is 2.10 bits per heavy atom. The van der Waals surface area contributed by atoms with Gasteiger partial charge in [-0.25, -0.2) is 4.79 Å². The second kappa shape index (κ2) is 4.70. The Morgan fingerprint density at radius 1 is 1.25 bits per heavy atom. The number of aromatic nitrogens is 1. The molecule has 100 valence electrons. The van der Waals surface area contributed by atoms with Crippen LogP contribution >= 0.6 is 0 Å². The van der Waals surface area contributed by atoms with E-state index in [1.54, 1.807) is 36.5 Å². The SMILES string of the molecule is O=C(O)c1cccc(Cn2ccc3occc3c2=O)c1. The van der Waals surface area contributed by atoms with Crippen LogP contribution in [0.3, 0.4) is 0 Å². The van der Waals surface area contributed by atoms with Gasteiger partial charge in [0.25, 0.3) is 5.56 Å². The molecular formula is C15H11NO4. The molecule has 0 saturated heterocycles. The molecule has 5 heteroatoms. The number of hydrogen-bond acceptors (Lipinski definition) is 3. The first-order chi connectivity index (χ1) is 9.65. The number of carboxylic acids is 1. The Kier molecular flexibility index (Phi) is 2.87. The second-order valence-corrected chi connectivity index (χ2v) is 4.45. The van der Waals surface area contributed by atoms with Crippen molar-refractivity contribution in [2.24, 2.45) is 0 Å². The first-order valence-corrected chi connectivity index (χ1v) is 6.04. The van der Waals surface area contributed by atoms with Gasteiger partial charge in [0.1, 0.15) is 5.58 Å². The second-order valence-electron chi connectivity index (χ2n) is 4.45. The van der Waals surface area contributed by atoms with E-state index < -0.39 is 5.97 Å². The van der Waals surface area contributed by atoms with E-state index in [0.717, 1.165) is 5.56 Å². The molecule has 0 fully saturated rings. The van der Waals surface area contributed by atoms with Crippen LogP contribution in [-0.4, -0.2) is 15.6 Å². The lowest BCUT2D eigenvalue weighted by Crippen LogP contribution is -2.19. The lowest BCUT2D eigenvalue weighted by Gasteiger charge is -2.06. The van der Waals surface area contributed by atoms with Gasteiger partial charge in [-0.05, 0) is 29.8 Å². The van der Waals surface area contributed by atoms with Crippen LogP contribution in [0.4, 0.5) is 0 Å². The third kappa shape index (κ3) is 2.09. The van der Waals surface area contributed by atoms with Crippen molar-refractivity contribution in [1.29, 1.82) is 0 Å². The summed E-state index contributed by atoms with van der Waals surface area (Å²) in [4.78, 5) is 23.1. The lowest BCUT2D eigenvalue weighted by molar-refractivity contribution is 0.0696. The average Bonchev–Trinajstić information content (AvgIpc) is 2.91. The number of carboxylic acid groups (broad SMARTS) is 1. The van der Waals surface area contributed by atoms with Gasteiger partial charge in [-0.15, -0.1) is 0 Å². The summed E-state index contributed by atoms with van der Waals surface area (Å²) in [6.07, 6.45) is 3.11. The molecule has 0 radical (unpaired) electrons. The van der Waals surface area contributed by atoms with E-state index in [4.69, 9.17) is 9.52 Å². The number of pyridine rings is 1. The van der Waals surface area contributed by atoms with Crippen LogP contribution in [0.1, 0.15) is 15.9 Å². The van der Waals surface area contributed by atoms with Crippen LogP contribution in [0.15, 0.2) is 58.1 Å². The van der Waals surface area contributed by atoms with E-state index in [0.29, 0.717) is 17.5 Å². The molecule has 0 amide bonds. The summed E-state index contributed by atoms with van der Waals surface area (Å²) in [6.45, 7) is 0.321. The molecule has 20 heavy (non-hydrogen) atoms. The highest BCUT2D eigenvalue weighted by molar-refractivity contribution is 5.87. The molecule has 0 aliphatic carbocycles. The molecule has 3 aromatic rings. The zero-order valence-electron chi connectivity index (χ0n) is 10.4. The van der Waals surface area contributed by atoms with Crippen molar-refractivity contribution >= 4 is 16.9 Å².